The molecule has 0 amide bonds. The van der Waals surface area contributed by atoms with Crippen molar-refractivity contribution >= 4 is 126 Å². The second kappa shape index (κ2) is 32.8. The molecule has 0 fully saturated rings. The lowest BCUT2D eigenvalue weighted by atomic mass is 9.80. The van der Waals surface area contributed by atoms with Crippen molar-refractivity contribution in [1.82, 2.24) is 0 Å². The molecule has 20 aromatic rings. The highest BCUT2D eigenvalue weighted by molar-refractivity contribution is 7.27. The highest BCUT2D eigenvalue weighted by Crippen LogP contribution is 2.54. The normalized spacial score (nSPS) is 13.6. The summed E-state index contributed by atoms with van der Waals surface area (Å²) in [6, 6.07) is 123. The first-order valence-electron chi connectivity index (χ1n) is 42.2. The molecule has 0 unspecified atom stereocenters. The first kappa shape index (κ1) is 80.8. The zero-order valence-corrected chi connectivity index (χ0v) is 75.2. The van der Waals surface area contributed by atoms with Crippen molar-refractivity contribution in [2.45, 2.75) is 132 Å². The van der Waals surface area contributed by atoms with Gasteiger partial charge in [-0.2, -0.15) is 0 Å². The van der Waals surface area contributed by atoms with Crippen LogP contribution in [0, 0.1) is 55.4 Å². The number of hydrogen-bond donors (Lipinski definition) is 0. The minimum Gasteiger partial charge on any atom is -0.135 e. The van der Waals surface area contributed by atoms with Gasteiger partial charge in [0.25, 0.3) is 0 Å². The van der Waals surface area contributed by atoms with E-state index in [0.29, 0.717) is 0 Å². The minimum atomic E-state index is 0.150. The molecule has 0 radical (unpaired) electrons. The van der Waals surface area contributed by atoms with Crippen LogP contribution < -0.4 is 0 Å². The fourth-order valence-corrected chi connectivity index (χ4v) is 23.9. The quantitative estimate of drug-likeness (QED) is 0.142. The van der Waals surface area contributed by atoms with E-state index in [-0.39, 0.29) is 21.7 Å². The fourth-order valence-electron chi connectivity index (χ4n) is 19.2. The molecule has 0 nitrogen and oxygen atoms in total. The summed E-state index contributed by atoms with van der Waals surface area (Å²) >= 11 is 7.51. The summed E-state index contributed by atoms with van der Waals surface area (Å²) in [5.41, 5.74) is 34.5. The second-order valence-electron chi connectivity index (χ2n) is 35.1. The van der Waals surface area contributed by atoms with Gasteiger partial charge in [-0.3, -0.25) is 0 Å². The van der Waals surface area contributed by atoms with Crippen molar-refractivity contribution in [3.63, 3.8) is 0 Å². The topological polar surface area (TPSA) is 0 Å². The number of aryl methyl sites for hydroxylation is 8. The summed E-state index contributed by atoms with van der Waals surface area (Å²) in [6.07, 6.45) is 0. The molecule has 0 aliphatic heterocycles. The zero-order chi connectivity index (χ0) is 83.5. The van der Waals surface area contributed by atoms with Crippen LogP contribution >= 0.6 is 45.3 Å². The van der Waals surface area contributed by atoms with E-state index in [1.54, 1.807) is 0 Å². The van der Waals surface area contributed by atoms with Gasteiger partial charge in [-0.25, -0.2) is 0 Å². The summed E-state index contributed by atoms with van der Waals surface area (Å²) in [4.78, 5) is 0. The number of thiophene rings is 4. The average Bonchev–Trinajstić information content (AvgIpc) is 1.59. The molecule has 4 aliphatic carbocycles. The average molecular weight is 1630 g/mol. The van der Waals surface area contributed by atoms with Crippen molar-refractivity contribution < 1.29 is 0 Å². The van der Waals surface area contributed by atoms with E-state index in [4.69, 9.17) is 0 Å². The maximum absolute atomic E-state index is 2.33. The molecule has 4 aromatic heterocycles. The van der Waals surface area contributed by atoms with Crippen molar-refractivity contribution in [3.05, 3.63) is 429 Å². The van der Waals surface area contributed by atoms with Gasteiger partial charge in [0.2, 0.25) is 0 Å². The first-order chi connectivity index (χ1) is 57.9. The van der Waals surface area contributed by atoms with Crippen LogP contribution in [0.15, 0.2) is 340 Å². The molecule has 24 rings (SSSR count). The molecule has 120 heavy (non-hydrogen) atoms. The number of hydrogen-bond acceptors (Lipinski definition) is 4. The smallest absolute Gasteiger partial charge is 0.0384 e. The predicted octanol–water partition coefficient (Wildman–Crippen LogP) is 34.7. The van der Waals surface area contributed by atoms with E-state index >= 15 is 0 Å². The summed E-state index contributed by atoms with van der Waals surface area (Å²) < 4.78 is 11.1. The molecule has 0 saturated carbocycles. The van der Waals surface area contributed by atoms with Crippen molar-refractivity contribution in [1.29, 1.82) is 0 Å². The summed E-state index contributed by atoms with van der Waals surface area (Å²) in [6.45, 7) is 35.9. The molecule has 4 aliphatic rings. The third-order valence-electron chi connectivity index (χ3n) is 25.4. The van der Waals surface area contributed by atoms with Gasteiger partial charge in [0, 0.05) is 102 Å². The molecular weight excluding hydrogens is 1520 g/mol. The van der Waals surface area contributed by atoms with Crippen LogP contribution in [0.4, 0.5) is 0 Å². The Bertz CT molecular complexity index is 7230. The third-order valence-corrected chi connectivity index (χ3v) is 30.1. The zero-order valence-electron chi connectivity index (χ0n) is 72.0. The van der Waals surface area contributed by atoms with Gasteiger partial charge >= 0.3 is 0 Å². The maximum Gasteiger partial charge on any atom is 0.0384 e. The Kier molecular flexibility index (Phi) is 22.1. The maximum atomic E-state index is 2.33. The molecule has 4 heterocycles. The van der Waals surface area contributed by atoms with E-state index in [1.165, 1.54) is 214 Å². The van der Waals surface area contributed by atoms with Crippen LogP contribution in [0.3, 0.4) is 0 Å². The Morgan fingerprint density at radius 1 is 0.183 bits per heavy atom. The van der Waals surface area contributed by atoms with Crippen molar-refractivity contribution in [2.24, 2.45) is 0 Å². The fraction of sp³-hybridized carbons (Fsp3) is 0.172. The van der Waals surface area contributed by atoms with Crippen LogP contribution in [0.1, 0.15) is 144 Å². The number of benzene rings is 16. The monoisotopic (exact) mass is 1620 g/mol. The molecule has 0 N–H and O–H groups in total. The molecule has 0 bridgehead atoms. The van der Waals surface area contributed by atoms with E-state index in [2.05, 4.69) is 450 Å². The Hall–Kier alpha value is -11.6. The number of rotatable bonds is 0. The molecule has 0 saturated heterocycles. The molecule has 16 aromatic carbocycles. The first-order valence-corrected chi connectivity index (χ1v) is 45.4. The van der Waals surface area contributed by atoms with Gasteiger partial charge in [0.05, 0.1) is 0 Å². The summed E-state index contributed by atoms with van der Waals surface area (Å²) in [7, 11) is 0. The van der Waals surface area contributed by atoms with E-state index in [9.17, 15) is 0 Å². The van der Waals surface area contributed by atoms with Gasteiger partial charge in [0.1, 0.15) is 0 Å². The SMILES string of the molecule is Cc1ccc2c(c1)-c1ccccc1C2(C)C.Cc1ccc2c(c1)C(C)(C)c1ccccc1-2.Cc1ccc2c(c1)sc1ccccc12.Cc1ccc2sc3ccccc3c2c1.Cc1cccc2c1-c1ccccc1C2(C)C.Cc1cccc2c1C(C)(C)c1ccccc1-2.Cc1cccc2c1sc1ccccc12.Cc1cccc2sc3ccccc3c12. The van der Waals surface area contributed by atoms with Gasteiger partial charge < -0.3 is 0 Å². The van der Waals surface area contributed by atoms with E-state index in [1.807, 2.05) is 45.3 Å². The van der Waals surface area contributed by atoms with Gasteiger partial charge in [-0.1, -0.05) is 363 Å². The highest BCUT2D eigenvalue weighted by Gasteiger charge is 2.39. The Morgan fingerprint density at radius 2 is 0.542 bits per heavy atom. The minimum absolute atomic E-state index is 0.150. The predicted molar refractivity (Wildman–Crippen MR) is 531 cm³/mol. The van der Waals surface area contributed by atoms with Crippen LogP contribution in [0.5, 0.6) is 0 Å². The van der Waals surface area contributed by atoms with E-state index < -0.39 is 0 Å². The highest BCUT2D eigenvalue weighted by atomic mass is 32.1. The lowest BCUT2D eigenvalue weighted by molar-refractivity contribution is 0.655. The molecule has 4 heteroatoms. The summed E-state index contributed by atoms with van der Waals surface area (Å²) in [5, 5.41) is 11.1. The Morgan fingerprint density at radius 3 is 1.21 bits per heavy atom. The lowest BCUT2D eigenvalue weighted by Gasteiger charge is -2.23. The van der Waals surface area contributed by atoms with E-state index in [0.717, 1.165) is 0 Å². The van der Waals surface area contributed by atoms with Crippen molar-refractivity contribution in [3.8, 4) is 44.5 Å². The third kappa shape index (κ3) is 15.0. The Labute approximate surface area is 725 Å². The second-order valence-corrected chi connectivity index (χ2v) is 39.4. The van der Waals surface area contributed by atoms with Crippen LogP contribution in [0.2, 0.25) is 0 Å². The van der Waals surface area contributed by atoms with Crippen LogP contribution in [-0.2, 0) is 21.7 Å². The van der Waals surface area contributed by atoms with Crippen LogP contribution in [0.25, 0.3) is 125 Å². The Balaban J connectivity index is 0.0000000979. The standard InChI is InChI=1S/4C16H16.4C13H10S/c1-11-7-6-9-13-12-8-4-5-10-14(12)16(2,3)15(11)13;1-11-7-6-10-14-15(11)12-8-4-5-9-13(12)16(14,2)3;1-11-8-9-15-13(10-11)12-6-4-5-7-14(12)16(15,2)3;1-11-8-9-13-12-6-4-5-7-14(12)16(2,3)15(13)10-11;1-9-5-4-7-11-10-6-2-3-8-12(10)14-13(9)11;1-9-5-4-8-12-13(9)10-6-2-3-7-11(10)14-12;1-9-6-7-13-11(8-9)10-4-2-3-5-12(10)14-13;1-9-6-7-11-10-4-2-3-5-12(10)14-13(11)8-9/h4*4-10H,1-3H3;4*2-8H,1H3. The molecule has 0 spiro atoms. The van der Waals surface area contributed by atoms with Crippen molar-refractivity contribution in [2.75, 3.05) is 0 Å². The largest absolute Gasteiger partial charge is 0.135 e. The van der Waals surface area contributed by atoms with Gasteiger partial charge in [-0.05, 0) is 221 Å². The molecule has 0 atom stereocenters. The molecule has 592 valence electrons. The summed E-state index contributed by atoms with van der Waals surface area (Å²) in [5.74, 6) is 0. The van der Waals surface area contributed by atoms with Gasteiger partial charge in [-0.15, -0.1) is 45.3 Å². The number of fused-ring (bicyclic) bond motifs is 24. The van der Waals surface area contributed by atoms with Gasteiger partial charge in [0.15, 0.2) is 0 Å². The van der Waals surface area contributed by atoms with Crippen LogP contribution in [-0.4, -0.2) is 0 Å². The molecular formula is C116H104S4. The lowest BCUT2D eigenvalue weighted by Crippen LogP contribution is -2.16.